The van der Waals surface area contributed by atoms with Crippen molar-refractivity contribution >= 4 is 29.1 Å². The first-order valence-corrected chi connectivity index (χ1v) is 8.59. The van der Waals surface area contributed by atoms with E-state index in [9.17, 15) is 14.4 Å². The number of anilines is 1. The Bertz CT molecular complexity index is 838. The summed E-state index contributed by atoms with van der Waals surface area (Å²) in [5, 5.41) is 9.28. The van der Waals surface area contributed by atoms with Crippen LogP contribution in [-0.4, -0.2) is 31.7 Å². The van der Waals surface area contributed by atoms with Crippen molar-refractivity contribution in [2.75, 3.05) is 5.32 Å². The van der Waals surface area contributed by atoms with E-state index in [0.29, 0.717) is 16.4 Å². The number of para-hydroxylation sites is 1. The van der Waals surface area contributed by atoms with E-state index in [1.54, 1.807) is 35.8 Å². The number of nitrogens with one attached hydrogen (secondary N) is 2. The maximum atomic E-state index is 12.4. The van der Waals surface area contributed by atoms with Crippen LogP contribution in [0.3, 0.4) is 0 Å². The highest BCUT2D eigenvalue weighted by Gasteiger charge is 2.30. The van der Waals surface area contributed by atoms with Crippen LogP contribution in [0, 0.1) is 0 Å². The molecule has 126 valence electrons. The fourth-order valence-electron chi connectivity index (χ4n) is 2.37. The van der Waals surface area contributed by atoms with Gasteiger partial charge in [-0.25, -0.2) is 9.89 Å². The van der Waals surface area contributed by atoms with E-state index in [0.717, 1.165) is 12.8 Å². The van der Waals surface area contributed by atoms with Gasteiger partial charge in [0, 0.05) is 11.6 Å². The highest BCUT2D eigenvalue weighted by atomic mass is 32.2. The van der Waals surface area contributed by atoms with Gasteiger partial charge in [-0.3, -0.25) is 14.2 Å². The first kappa shape index (κ1) is 16.5. The molecule has 7 nitrogen and oxygen atoms in total. The Morgan fingerprint density at radius 3 is 2.75 bits per heavy atom. The number of hydrogen-bond acceptors (Lipinski definition) is 5. The van der Waals surface area contributed by atoms with Crippen molar-refractivity contribution in [1.82, 2.24) is 14.8 Å². The molecule has 1 saturated carbocycles. The number of rotatable bonds is 6. The number of benzene rings is 1. The van der Waals surface area contributed by atoms with Crippen LogP contribution in [-0.2, 0) is 4.79 Å². The molecule has 0 spiro atoms. The monoisotopic (exact) mass is 346 g/mol. The molecule has 2 aromatic rings. The Kier molecular flexibility index (Phi) is 4.57. The van der Waals surface area contributed by atoms with Crippen molar-refractivity contribution in [1.29, 1.82) is 0 Å². The van der Waals surface area contributed by atoms with Crippen LogP contribution in [0.1, 0.15) is 43.1 Å². The summed E-state index contributed by atoms with van der Waals surface area (Å²) in [4.78, 5) is 35.8. The fourth-order valence-corrected chi connectivity index (χ4v) is 3.30. The van der Waals surface area contributed by atoms with Gasteiger partial charge >= 0.3 is 5.69 Å². The fraction of sp³-hybridized carbons (Fsp3) is 0.375. The number of Topliss-reactive ketones (excluding diaryl/α,β-unsaturated/α-hetero) is 1. The number of carbonyl (C=O) groups is 2. The quantitative estimate of drug-likeness (QED) is 0.617. The first-order chi connectivity index (χ1) is 11.5. The van der Waals surface area contributed by atoms with Gasteiger partial charge in [-0.2, -0.15) is 0 Å². The van der Waals surface area contributed by atoms with Gasteiger partial charge in [-0.05, 0) is 38.8 Å². The van der Waals surface area contributed by atoms with Gasteiger partial charge in [0.05, 0.1) is 10.9 Å². The number of thioether (sulfide) groups is 1. The summed E-state index contributed by atoms with van der Waals surface area (Å²) in [7, 11) is 0. The molecular weight excluding hydrogens is 328 g/mol. The number of hydrogen-bond donors (Lipinski definition) is 2. The van der Waals surface area contributed by atoms with Crippen LogP contribution in [0.2, 0.25) is 0 Å². The van der Waals surface area contributed by atoms with Crippen LogP contribution >= 0.6 is 11.8 Å². The molecule has 0 aliphatic heterocycles. The van der Waals surface area contributed by atoms with Crippen LogP contribution < -0.4 is 11.0 Å². The minimum Gasteiger partial charge on any atom is -0.324 e. The molecule has 1 aliphatic rings. The van der Waals surface area contributed by atoms with Crippen molar-refractivity contribution in [2.24, 2.45) is 0 Å². The summed E-state index contributed by atoms with van der Waals surface area (Å²) in [6, 6.07) is 7.07. The average Bonchev–Trinajstić information content (AvgIpc) is 3.32. The molecule has 1 heterocycles. The van der Waals surface area contributed by atoms with Crippen LogP contribution in [0.4, 0.5) is 5.69 Å². The average molecular weight is 346 g/mol. The van der Waals surface area contributed by atoms with Gasteiger partial charge in [-0.15, -0.1) is 5.10 Å². The van der Waals surface area contributed by atoms with Crippen LogP contribution in [0.15, 0.2) is 34.2 Å². The van der Waals surface area contributed by atoms with Crippen molar-refractivity contribution in [3.63, 3.8) is 0 Å². The predicted molar refractivity (Wildman–Crippen MR) is 91.5 cm³/mol. The molecule has 0 radical (unpaired) electrons. The van der Waals surface area contributed by atoms with E-state index in [2.05, 4.69) is 15.5 Å². The molecule has 1 atom stereocenters. The van der Waals surface area contributed by atoms with Crippen LogP contribution in [0.5, 0.6) is 0 Å². The lowest BCUT2D eigenvalue weighted by Crippen LogP contribution is -2.24. The van der Waals surface area contributed by atoms with Gasteiger partial charge in [0.2, 0.25) is 5.91 Å². The first-order valence-electron chi connectivity index (χ1n) is 7.71. The van der Waals surface area contributed by atoms with Gasteiger partial charge in [0.15, 0.2) is 10.9 Å². The molecule has 2 N–H and O–H groups in total. The summed E-state index contributed by atoms with van der Waals surface area (Å²) < 4.78 is 1.61. The summed E-state index contributed by atoms with van der Waals surface area (Å²) in [6.45, 7) is 3.20. The second-order valence-electron chi connectivity index (χ2n) is 5.76. The molecule has 3 rings (SSSR count). The summed E-state index contributed by atoms with van der Waals surface area (Å²) in [5.74, 6) is -0.354. The smallest absolute Gasteiger partial charge is 0.324 e. The number of amides is 1. The molecule has 1 aromatic heterocycles. The molecule has 1 fully saturated rings. The third-order valence-electron chi connectivity index (χ3n) is 3.80. The minimum absolute atomic E-state index is 0.110. The van der Waals surface area contributed by atoms with Gasteiger partial charge in [-0.1, -0.05) is 23.9 Å². The Balaban J connectivity index is 1.72. The molecule has 0 bridgehead atoms. The minimum atomic E-state index is -0.460. The van der Waals surface area contributed by atoms with Crippen molar-refractivity contribution < 1.29 is 9.59 Å². The standard InChI is InChI=1S/C16H18N4O3S/c1-9(21)12-5-3-4-6-13(12)17-14(22)10(2)24-16-19-18-15(23)20(16)11-7-8-11/h3-6,10-11H,7-8H2,1-2H3,(H,17,22)(H,18,23)/t10-/m0/s1. The maximum absolute atomic E-state index is 12.4. The van der Waals surface area contributed by atoms with E-state index in [4.69, 9.17) is 0 Å². The molecule has 0 saturated heterocycles. The highest BCUT2D eigenvalue weighted by molar-refractivity contribution is 8.00. The molecule has 8 heteroatoms. The summed E-state index contributed by atoms with van der Waals surface area (Å²) in [6.07, 6.45) is 1.92. The molecule has 1 aromatic carbocycles. The van der Waals surface area contributed by atoms with E-state index < -0.39 is 5.25 Å². The Labute approximate surface area is 142 Å². The van der Waals surface area contributed by atoms with Crippen molar-refractivity contribution in [3.8, 4) is 0 Å². The largest absolute Gasteiger partial charge is 0.344 e. The lowest BCUT2D eigenvalue weighted by molar-refractivity contribution is -0.115. The Morgan fingerprint density at radius 1 is 1.38 bits per heavy atom. The summed E-state index contributed by atoms with van der Waals surface area (Å²) in [5.41, 5.74) is 0.719. The van der Waals surface area contributed by atoms with Gasteiger partial charge in [0.25, 0.3) is 0 Å². The molecular formula is C16H18N4O3S. The summed E-state index contributed by atoms with van der Waals surface area (Å²) >= 11 is 1.22. The van der Waals surface area contributed by atoms with E-state index in [-0.39, 0.29) is 23.4 Å². The van der Waals surface area contributed by atoms with E-state index in [1.807, 2.05) is 0 Å². The normalized spacial score (nSPS) is 15.1. The third-order valence-corrected chi connectivity index (χ3v) is 4.87. The topological polar surface area (TPSA) is 96.8 Å². The van der Waals surface area contributed by atoms with Gasteiger partial charge in [0.1, 0.15) is 0 Å². The zero-order valence-corrected chi connectivity index (χ0v) is 14.2. The van der Waals surface area contributed by atoms with Crippen molar-refractivity contribution in [2.45, 2.75) is 43.1 Å². The molecule has 1 amide bonds. The Hall–Kier alpha value is -2.35. The van der Waals surface area contributed by atoms with Crippen LogP contribution in [0.25, 0.3) is 0 Å². The molecule has 0 unspecified atom stereocenters. The number of nitrogens with zero attached hydrogens (tertiary/aromatic N) is 2. The predicted octanol–water partition coefficient (Wildman–Crippen LogP) is 2.23. The zero-order chi connectivity index (χ0) is 17.3. The number of H-pyrrole nitrogens is 1. The second-order valence-corrected chi connectivity index (χ2v) is 7.07. The molecule has 1 aliphatic carbocycles. The number of aromatic nitrogens is 3. The SMILES string of the molecule is CC(=O)c1ccccc1NC(=O)[C@H](C)Sc1n[nH]c(=O)n1C1CC1. The lowest BCUT2D eigenvalue weighted by atomic mass is 10.1. The number of aromatic amines is 1. The number of ketones is 1. The third kappa shape index (κ3) is 3.43. The second kappa shape index (κ2) is 6.64. The van der Waals surface area contributed by atoms with E-state index >= 15 is 0 Å². The maximum Gasteiger partial charge on any atom is 0.344 e. The zero-order valence-electron chi connectivity index (χ0n) is 13.4. The number of carbonyl (C=O) groups excluding carboxylic acids is 2. The van der Waals surface area contributed by atoms with Crippen molar-refractivity contribution in [3.05, 3.63) is 40.3 Å². The van der Waals surface area contributed by atoms with Gasteiger partial charge < -0.3 is 5.32 Å². The Morgan fingerprint density at radius 2 is 2.08 bits per heavy atom. The lowest BCUT2D eigenvalue weighted by Gasteiger charge is -2.13. The van der Waals surface area contributed by atoms with E-state index in [1.165, 1.54) is 18.7 Å². The molecule has 24 heavy (non-hydrogen) atoms. The highest BCUT2D eigenvalue weighted by Crippen LogP contribution is 2.36.